The lowest BCUT2D eigenvalue weighted by molar-refractivity contribution is -0.384. The number of primary amides is 1. The molecule has 1 aromatic carbocycles. The summed E-state index contributed by atoms with van der Waals surface area (Å²) in [6, 6.07) is 3.41. The van der Waals surface area contributed by atoms with Gasteiger partial charge in [0.1, 0.15) is 12.0 Å². The third-order valence-electron chi connectivity index (χ3n) is 2.09. The number of hydrogen-bond acceptors (Lipinski definition) is 5. The van der Waals surface area contributed by atoms with Gasteiger partial charge in [-0.1, -0.05) is 0 Å². The molecular formula is C10H12N4O4. The molecule has 0 spiro atoms. The summed E-state index contributed by atoms with van der Waals surface area (Å²) < 4.78 is 0. The highest BCUT2D eigenvalue weighted by molar-refractivity contribution is 5.79. The molecule has 1 aromatic rings. The molecule has 1 rings (SSSR count). The number of carbonyl (C=O) groups is 2. The van der Waals surface area contributed by atoms with Crippen LogP contribution in [0.1, 0.15) is 10.4 Å². The standard InChI is InChI=1S/C10H12N4O4/c11-10(16)13-4-3-12-8-2-1-7(6-15)5-9(8)14(17)18/h1-2,5-6,12H,3-4H2,(H3,11,13,16). The van der Waals surface area contributed by atoms with Gasteiger partial charge in [0.2, 0.25) is 0 Å². The predicted octanol–water partition coefficient (Wildman–Crippen LogP) is 0.487. The van der Waals surface area contributed by atoms with Gasteiger partial charge in [-0.3, -0.25) is 14.9 Å². The maximum atomic E-state index is 10.8. The number of rotatable bonds is 6. The first kappa shape index (κ1) is 13.4. The number of nitrogens with one attached hydrogen (secondary N) is 2. The molecule has 0 atom stereocenters. The van der Waals surface area contributed by atoms with Gasteiger partial charge in [-0.05, 0) is 12.1 Å². The largest absolute Gasteiger partial charge is 0.378 e. The van der Waals surface area contributed by atoms with E-state index in [1.807, 2.05) is 0 Å². The van der Waals surface area contributed by atoms with Gasteiger partial charge >= 0.3 is 6.03 Å². The Morgan fingerprint density at radius 2 is 2.17 bits per heavy atom. The average Bonchev–Trinajstić information content (AvgIpc) is 2.34. The fourth-order valence-electron chi connectivity index (χ4n) is 1.31. The summed E-state index contributed by atoms with van der Waals surface area (Å²) >= 11 is 0. The summed E-state index contributed by atoms with van der Waals surface area (Å²) in [6.07, 6.45) is 0.533. The van der Waals surface area contributed by atoms with Gasteiger partial charge in [0.15, 0.2) is 0 Å². The first-order valence-corrected chi connectivity index (χ1v) is 5.05. The van der Waals surface area contributed by atoms with Crippen molar-refractivity contribution in [3.05, 3.63) is 33.9 Å². The second kappa shape index (κ2) is 6.18. The number of nitro benzene ring substituents is 1. The normalized spacial score (nSPS) is 9.56. The van der Waals surface area contributed by atoms with E-state index in [1.165, 1.54) is 18.2 Å². The molecule has 0 aliphatic rings. The molecule has 0 saturated carbocycles. The number of nitrogens with zero attached hydrogens (tertiary/aromatic N) is 1. The molecular weight excluding hydrogens is 240 g/mol. The van der Waals surface area contributed by atoms with Crippen LogP contribution in [0, 0.1) is 10.1 Å². The van der Waals surface area contributed by atoms with Crippen molar-refractivity contribution in [2.75, 3.05) is 18.4 Å². The second-order valence-corrected chi connectivity index (χ2v) is 3.37. The Morgan fingerprint density at radius 1 is 1.44 bits per heavy atom. The van der Waals surface area contributed by atoms with E-state index >= 15 is 0 Å². The Morgan fingerprint density at radius 3 is 2.72 bits per heavy atom. The second-order valence-electron chi connectivity index (χ2n) is 3.37. The average molecular weight is 252 g/mol. The van der Waals surface area contributed by atoms with E-state index in [9.17, 15) is 19.7 Å². The number of anilines is 1. The van der Waals surface area contributed by atoms with Gasteiger partial charge in [0, 0.05) is 24.7 Å². The van der Waals surface area contributed by atoms with Crippen molar-refractivity contribution in [1.82, 2.24) is 5.32 Å². The van der Waals surface area contributed by atoms with Crippen LogP contribution >= 0.6 is 0 Å². The lowest BCUT2D eigenvalue weighted by Crippen LogP contribution is -2.33. The van der Waals surface area contributed by atoms with Crippen LogP contribution in [0.3, 0.4) is 0 Å². The third kappa shape index (κ3) is 3.74. The summed E-state index contributed by atoms with van der Waals surface area (Å²) in [7, 11) is 0. The Labute approximate surface area is 102 Å². The lowest BCUT2D eigenvalue weighted by atomic mass is 10.2. The van der Waals surface area contributed by atoms with Crippen LogP contribution in [-0.4, -0.2) is 30.3 Å². The van der Waals surface area contributed by atoms with E-state index in [0.717, 1.165) is 0 Å². The molecule has 0 aliphatic carbocycles. The van der Waals surface area contributed by atoms with Crippen molar-refractivity contribution >= 4 is 23.7 Å². The van der Waals surface area contributed by atoms with Gasteiger partial charge in [-0.25, -0.2) is 4.79 Å². The van der Waals surface area contributed by atoms with Gasteiger partial charge in [-0.2, -0.15) is 0 Å². The predicted molar refractivity (Wildman–Crippen MR) is 64.6 cm³/mol. The van der Waals surface area contributed by atoms with Crippen molar-refractivity contribution in [2.24, 2.45) is 5.73 Å². The zero-order chi connectivity index (χ0) is 13.5. The fourth-order valence-corrected chi connectivity index (χ4v) is 1.31. The SMILES string of the molecule is NC(=O)NCCNc1ccc(C=O)cc1[N+](=O)[O-]. The molecule has 0 heterocycles. The molecule has 0 radical (unpaired) electrons. The smallest absolute Gasteiger partial charge is 0.312 e. The minimum atomic E-state index is -0.664. The first-order chi connectivity index (χ1) is 8.54. The molecule has 8 nitrogen and oxygen atoms in total. The Balaban J connectivity index is 2.72. The van der Waals surface area contributed by atoms with E-state index < -0.39 is 11.0 Å². The van der Waals surface area contributed by atoms with Crippen LogP contribution in [0.5, 0.6) is 0 Å². The Bertz CT molecular complexity index is 475. The first-order valence-electron chi connectivity index (χ1n) is 5.05. The van der Waals surface area contributed by atoms with E-state index in [-0.39, 0.29) is 30.0 Å². The highest BCUT2D eigenvalue weighted by Gasteiger charge is 2.13. The third-order valence-corrected chi connectivity index (χ3v) is 2.09. The summed E-state index contributed by atoms with van der Waals surface area (Å²) in [5.41, 5.74) is 5.17. The van der Waals surface area contributed by atoms with Crippen molar-refractivity contribution in [2.45, 2.75) is 0 Å². The number of urea groups is 1. The summed E-state index contributed by atoms with van der Waals surface area (Å²) in [4.78, 5) is 31.1. The van der Waals surface area contributed by atoms with Crippen molar-refractivity contribution in [1.29, 1.82) is 0 Å². The molecule has 4 N–H and O–H groups in total. The van der Waals surface area contributed by atoms with Gasteiger partial charge in [-0.15, -0.1) is 0 Å². The highest BCUT2D eigenvalue weighted by Crippen LogP contribution is 2.24. The zero-order valence-corrected chi connectivity index (χ0v) is 9.38. The molecule has 0 aliphatic heterocycles. The van der Waals surface area contributed by atoms with Crippen LogP contribution in [0.25, 0.3) is 0 Å². The van der Waals surface area contributed by atoms with Gasteiger partial charge in [0.05, 0.1) is 4.92 Å². The molecule has 0 fully saturated rings. The molecule has 96 valence electrons. The number of benzene rings is 1. The van der Waals surface area contributed by atoms with Gasteiger partial charge < -0.3 is 16.4 Å². The summed E-state index contributed by atoms with van der Waals surface area (Å²) in [6.45, 7) is 0.520. The molecule has 2 amide bonds. The minimum Gasteiger partial charge on any atom is -0.378 e. The number of nitro groups is 1. The number of nitrogens with two attached hydrogens (primary N) is 1. The summed E-state index contributed by atoms with van der Waals surface area (Å²) in [5, 5.41) is 15.9. The fraction of sp³-hybridized carbons (Fsp3) is 0.200. The van der Waals surface area contributed by atoms with Gasteiger partial charge in [0.25, 0.3) is 5.69 Å². The molecule has 8 heteroatoms. The van der Waals surface area contributed by atoms with E-state index in [0.29, 0.717) is 6.29 Å². The number of amides is 2. The maximum absolute atomic E-state index is 10.8. The lowest BCUT2D eigenvalue weighted by Gasteiger charge is -2.07. The van der Waals surface area contributed by atoms with Crippen LogP contribution in [-0.2, 0) is 0 Å². The number of carbonyl (C=O) groups excluding carboxylic acids is 2. The van der Waals surface area contributed by atoms with Crippen LogP contribution in [0.15, 0.2) is 18.2 Å². The Hall–Kier alpha value is -2.64. The molecule has 0 unspecified atom stereocenters. The number of aldehydes is 1. The molecule has 18 heavy (non-hydrogen) atoms. The maximum Gasteiger partial charge on any atom is 0.312 e. The minimum absolute atomic E-state index is 0.196. The highest BCUT2D eigenvalue weighted by atomic mass is 16.6. The zero-order valence-electron chi connectivity index (χ0n) is 9.38. The van der Waals surface area contributed by atoms with E-state index in [2.05, 4.69) is 10.6 Å². The quantitative estimate of drug-likeness (QED) is 0.294. The summed E-state index contributed by atoms with van der Waals surface area (Å²) in [5.74, 6) is 0. The van der Waals surface area contributed by atoms with Crippen molar-refractivity contribution < 1.29 is 14.5 Å². The molecule has 0 aromatic heterocycles. The van der Waals surface area contributed by atoms with Crippen molar-refractivity contribution in [3.8, 4) is 0 Å². The van der Waals surface area contributed by atoms with Crippen LogP contribution in [0.2, 0.25) is 0 Å². The number of hydrogen-bond donors (Lipinski definition) is 3. The Kier molecular flexibility index (Phi) is 4.61. The van der Waals surface area contributed by atoms with Crippen LogP contribution in [0.4, 0.5) is 16.2 Å². The van der Waals surface area contributed by atoms with E-state index in [1.54, 1.807) is 0 Å². The van der Waals surface area contributed by atoms with Crippen molar-refractivity contribution in [3.63, 3.8) is 0 Å². The molecule has 0 saturated heterocycles. The molecule has 0 bridgehead atoms. The van der Waals surface area contributed by atoms with Crippen LogP contribution < -0.4 is 16.4 Å². The monoisotopic (exact) mass is 252 g/mol. The van der Waals surface area contributed by atoms with E-state index in [4.69, 9.17) is 5.73 Å². The topological polar surface area (TPSA) is 127 Å².